The normalized spacial score (nSPS) is 14.6. The van der Waals surface area contributed by atoms with Crippen LogP contribution in [0.25, 0.3) is 10.9 Å². The summed E-state index contributed by atoms with van der Waals surface area (Å²) in [5, 5.41) is 18.3. The maximum Gasteiger partial charge on any atom is 0.251 e. The molecular formula is C16H18N6O2S. The van der Waals surface area contributed by atoms with E-state index >= 15 is 0 Å². The van der Waals surface area contributed by atoms with Gasteiger partial charge >= 0.3 is 0 Å². The summed E-state index contributed by atoms with van der Waals surface area (Å²) in [6.45, 7) is 3.43. The SMILES string of the molecule is COc1c2ccc(C(=O)NC3CN(c4nnc(C)s4)C3)cc2nn1C. The van der Waals surface area contributed by atoms with Gasteiger partial charge in [0, 0.05) is 25.7 Å². The number of rotatable bonds is 4. The van der Waals surface area contributed by atoms with Crippen LogP contribution in [-0.4, -0.2) is 52.1 Å². The zero-order chi connectivity index (χ0) is 17.6. The zero-order valence-electron chi connectivity index (χ0n) is 14.2. The lowest BCUT2D eigenvalue weighted by atomic mass is 10.1. The van der Waals surface area contributed by atoms with Gasteiger partial charge in [0.05, 0.1) is 24.1 Å². The van der Waals surface area contributed by atoms with Crippen LogP contribution in [0.3, 0.4) is 0 Å². The van der Waals surface area contributed by atoms with Gasteiger partial charge in [0.15, 0.2) is 0 Å². The Labute approximate surface area is 148 Å². The molecule has 8 nitrogen and oxygen atoms in total. The van der Waals surface area contributed by atoms with Crippen LogP contribution in [-0.2, 0) is 7.05 Å². The number of hydrogen-bond acceptors (Lipinski definition) is 7. The van der Waals surface area contributed by atoms with E-state index in [1.54, 1.807) is 35.3 Å². The number of aromatic nitrogens is 4. The number of carbonyl (C=O) groups is 1. The number of anilines is 1. The van der Waals surface area contributed by atoms with Crippen molar-refractivity contribution < 1.29 is 9.53 Å². The number of hydrogen-bond donors (Lipinski definition) is 1. The largest absolute Gasteiger partial charge is 0.481 e. The summed E-state index contributed by atoms with van der Waals surface area (Å²) in [6, 6.07) is 5.57. The molecule has 1 aliphatic heterocycles. The van der Waals surface area contributed by atoms with Crippen molar-refractivity contribution in [2.45, 2.75) is 13.0 Å². The lowest BCUT2D eigenvalue weighted by Crippen LogP contribution is -2.59. The Kier molecular flexibility index (Phi) is 3.79. The molecule has 1 N–H and O–H groups in total. The van der Waals surface area contributed by atoms with Crippen LogP contribution >= 0.6 is 11.3 Å². The van der Waals surface area contributed by atoms with E-state index in [2.05, 4.69) is 25.5 Å². The van der Waals surface area contributed by atoms with E-state index in [1.807, 2.05) is 20.0 Å². The molecule has 130 valence electrons. The molecule has 1 aliphatic rings. The fourth-order valence-corrected chi connectivity index (χ4v) is 3.67. The van der Waals surface area contributed by atoms with Crippen molar-refractivity contribution >= 4 is 33.3 Å². The van der Waals surface area contributed by atoms with Crippen molar-refractivity contribution in [1.29, 1.82) is 0 Å². The van der Waals surface area contributed by atoms with Gasteiger partial charge in [0.25, 0.3) is 5.91 Å². The fraction of sp³-hybridized carbons (Fsp3) is 0.375. The second kappa shape index (κ2) is 5.99. The molecule has 0 radical (unpaired) electrons. The standard InChI is InChI=1S/C16H18N6O2S/c1-9-18-19-16(25-9)22-7-11(8-22)17-14(23)10-4-5-12-13(6-10)20-21(2)15(12)24-3/h4-6,11H,7-8H2,1-3H3,(H,17,23). The molecular weight excluding hydrogens is 340 g/mol. The maximum absolute atomic E-state index is 12.5. The van der Waals surface area contributed by atoms with E-state index in [9.17, 15) is 4.79 Å². The van der Waals surface area contributed by atoms with E-state index in [0.717, 1.165) is 34.1 Å². The van der Waals surface area contributed by atoms with Gasteiger partial charge in [-0.2, -0.15) is 5.10 Å². The molecule has 3 aromatic rings. The highest BCUT2D eigenvalue weighted by Gasteiger charge is 2.30. The summed E-state index contributed by atoms with van der Waals surface area (Å²) in [5.74, 6) is 0.591. The summed E-state index contributed by atoms with van der Waals surface area (Å²) >= 11 is 1.56. The first-order valence-corrected chi connectivity index (χ1v) is 8.73. The number of carbonyl (C=O) groups excluding carboxylic acids is 1. The van der Waals surface area contributed by atoms with Gasteiger partial charge in [-0.05, 0) is 25.1 Å². The first-order valence-electron chi connectivity index (χ1n) is 7.92. The van der Waals surface area contributed by atoms with E-state index in [0.29, 0.717) is 11.4 Å². The lowest BCUT2D eigenvalue weighted by Gasteiger charge is -2.39. The Morgan fingerprint density at radius 1 is 1.36 bits per heavy atom. The van der Waals surface area contributed by atoms with Gasteiger partial charge in [-0.25, -0.2) is 4.68 Å². The minimum absolute atomic E-state index is 0.0929. The first-order chi connectivity index (χ1) is 12.0. The molecule has 1 fully saturated rings. The first kappa shape index (κ1) is 15.8. The number of methoxy groups -OCH3 is 1. The molecule has 1 aromatic carbocycles. The molecule has 1 saturated heterocycles. The monoisotopic (exact) mass is 358 g/mol. The van der Waals surface area contributed by atoms with Gasteiger partial charge < -0.3 is 15.0 Å². The van der Waals surface area contributed by atoms with Crippen molar-refractivity contribution in [3.63, 3.8) is 0 Å². The van der Waals surface area contributed by atoms with Crippen LogP contribution in [0.4, 0.5) is 5.13 Å². The van der Waals surface area contributed by atoms with Crippen LogP contribution in [0.2, 0.25) is 0 Å². The number of nitrogens with zero attached hydrogens (tertiary/aromatic N) is 5. The lowest BCUT2D eigenvalue weighted by molar-refractivity contribution is 0.0930. The topological polar surface area (TPSA) is 85.2 Å². The predicted octanol–water partition coefficient (Wildman–Crippen LogP) is 1.36. The zero-order valence-corrected chi connectivity index (χ0v) is 15.0. The van der Waals surface area contributed by atoms with E-state index < -0.39 is 0 Å². The molecule has 4 rings (SSSR count). The van der Waals surface area contributed by atoms with Crippen LogP contribution in [0.5, 0.6) is 5.88 Å². The molecule has 0 spiro atoms. The molecule has 3 heterocycles. The fourth-order valence-electron chi connectivity index (χ4n) is 2.97. The highest BCUT2D eigenvalue weighted by Crippen LogP contribution is 2.26. The molecule has 0 unspecified atom stereocenters. The molecule has 1 amide bonds. The van der Waals surface area contributed by atoms with Gasteiger partial charge in [-0.1, -0.05) is 11.3 Å². The predicted molar refractivity (Wildman–Crippen MR) is 95.4 cm³/mol. The summed E-state index contributed by atoms with van der Waals surface area (Å²) in [7, 11) is 3.43. The third-order valence-electron chi connectivity index (χ3n) is 4.24. The summed E-state index contributed by atoms with van der Waals surface area (Å²) in [6.07, 6.45) is 0. The Balaban J connectivity index is 1.43. The Bertz CT molecular complexity index is 943. The van der Waals surface area contributed by atoms with Crippen molar-refractivity contribution in [3.05, 3.63) is 28.8 Å². The Hall–Kier alpha value is -2.68. The van der Waals surface area contributed by atoms with Gasteiger partial charge in [0.1, 0.15) is 5.01 Å². The van der Waals surface area contributed by atoms with E-state index in [4.69, 9.17) is 4.74 Å². The summed E-state index contributed by atoms with van der Waals surface area (Å²) < 4.78 is 7.00. The summed E-state index contributed by atoms with van der Waals surface area (Å²) in [5.41, 5.74) is 1.34. The molecule has 0 atom stereocenters. The number of aryl methyl sites for hydroxylation is 2. The van der Waals surface area contributed by atoms with Crippen LogP contribution in [0.1, 0.15) is 15.4 Å². The third-order valence-corrected chi connectivity index (χ3v) is 5.14. The molecule has 25 heavy (non-hydrogen) atoms. The molecule has 0 aliphatic carbocycles. The van der Waals surface area contributed by atoms with Crippen molar-refractivity contribution in [2.24, 2.45) is 7.05 Å². The van der Waals surface area contributed by atoms with E-state index in [1.165, 1.54) is 0 Å². The van der Waals surface area contributed by atoms with E-state index in [-0.39, 0.29) is 11.9 Å². The van der Waals surface area contributed by atoms with Crippen LogP contribution < -0.4 is 15.0 Å². The quantitative estimate of drug-likeness (QED) is 0.758. The number of fused-ring (bicyclic) bond motifs is 1. The second-order valence-corrected chi connectivity index (χ2v) is 7.20. The number of nitrogens with one attached hydrogen (secondary N) is 1. The number of amides is 1. The summed E-state index contributed by atoms with van der Waals surface area (Å²) in [4.78, 5) is 14.6. The van der Waals surface area contributed by atoms with Crippen LogP contribution in [0.15, 0.2) is 18.2 Å². The maximum atomic E-state index is 12.5. The Morgan fingerprint density at radius 2 is 2.16 bits per heavy atom. The second-order valence-electron chi connectivity index (χ2n) is 6.04. The highest BCUT2D eigenvalue weighted by atomic mass is 32.1. The Morgan fingerprint density at radius 3 is 2.84 bits per heavy atom. The van der Waals surface area contributed by atoms with Gasteiger partial charge in [-0.3, -0.25) is 4.79 Å². The van der Waals surface area contributed by atoms with Gasteiger partial charge in [-0.15, -0.1) is 10.2 Å². The van der Waals surface area contributed by atoms with Crippen molar-refractivity contribution in [3.8, 4) is 5.88 Å². The smallest absolute Gasteiger partial charge is 0.251 e. The average molecular weight is 358 g/mol. The minimum Gasteiger partial charge on any atom is -0.481 e. The van der Waals surface area contributed by atoms with Crippen LogP contribution in [0, 0.1) is 6.92 Å². The average Bonchev–Trinajstić information content (AvgIpc) is 3.11. The minimum atomic E-state index is -0.0929. The highest BCUT2D eigenvalue weighted by molar-refractivity contribution is 7.15. The molecule has 0 bridgehead atoms. The van der Waals surface area contributed by atoms with Gasteiger partial charge in [0.2, 0.25) is 11.0 Å². The molecule has 0 saturated carbocycles. The number of ether oxygens (including phenoxy) is 1. The molecule has 9 heteroatoms. The molecule has 2 aromatic heterocycles. The number of benzene rings is 1. The third kappa shape index (κ3) is 2.80. The van der Waals surface area contributed by atoms with Crippen molar-refractivity contribution in [1.82, 2.24) is 25.3 Å². The van der Waals surface area contributed by atoms with Crippen molar-refractivity contribution in [2.75, 3.05) is 25.1 Å².